The second kappa shape index (κ2) is 5.65. The number of fused-ring (bicyclic) bond motifs is 1. The van der Waals surface area contributed by atoms with Crippen LogP contribution < -0.4 is 10.9 Å². The third-order valence-electron chi connectivity index (χ3n) is 3.50. The minimum Gasteiger partial charge on any atom is -0.347 e. The number of Topliss-reactive ketones (excluding diaryl/α,β-unsaturated/α-hetero) is 1. The van der Waals surface area contributed by atoms with Gasteiger partial charge < -0.3 is 10.3 Å². The predicted molar refractivity (Wildman–Crippen MR) is 79.8 cm³/mol. The Labute approximate surface area is 125 Å². The van der Waals surface area contributed by atoms with Crippen LogP contribution in [0.1, 0.15) is 44.1 Å². The summed E-state index contributed by atoms with van der Waals surface area (Å²) in [5.74, 6) is -0.467. The SMILES string of the molecule is O=C1CCCc2[nH]c(=O)c(C(=O)NCc3cccs3)cc21. The Morgan fingerprint density at radius 2 is 2.19 bits per heavy atom. The van der Waals surface area contributed by atoms with Crippen LogP contribution >= 0.6 is 11.3 Å². The number of rotatable bonds is 3. The summed E-state index contributed by atoms with van der Waals surface area (Å²) in [7, 11) is 0. The lowest BCUT2D eigenvalue weighted by molar-refractivity contribution is 0.0949. The summed E-state index contributed by atoms with van der Waals surface area (Å²) in [6, 6.07) is 5.24. The normalized spacial score (nSPS) is 13.8. The molecule has 0 saturated heterocycles. The maximum atomic E-state index is 12.1. The van der Waals surface area contributed by atoms with Crippen LogP contribution in [0.5, 0.6) is 0 Å². The summed E-state index contributed by atoms with van der Waals surface area (Å²) < 4.78 is 0. The van der Waals surface area contributed by atoms with Crippen molar-refractivity contribution in [2.45, 2.75) is 25.8 Å². The molecule has 5 nitrogen and oxygen atoms in total. The van der Waals surface area contributed by atoms with Gasteiger partial charge in [0.15, 0.2) is 5.78 Å². The number of pyridine rings is 1. The van der Waals surface area contributed by atoms with Gasteiger partial charge in [0.25, 0.3) is 11.5 Å². The van der Waals surface area contributed by atoms with E-state index in [9.17, 15) is 14.4 Å². The molecule has 0 unspecified atom stereocenters. The molecule has 1 aliphatic carbocycles. The first kappa shape index (κ1) is 13.8. The van der Waals surface area contributed by atoms with Crippen LogP contribution in [-0.4, -0.2) is 16.7 Å². The molecule has 0 spiro atoms. The van der Waals surface area contributed by atoms with Crippen molar-refractivity contribution in [1.82, 2.24) is 10.3 Å². The van der Waals surface area contributed by atoms with Gasteiger partial charge in [0, 0.05) is 22.6 Å². The van der Waals surface area contributed by atoms with E-state index in [0.29, 0.717) is 30.6 Å². The van der Waals surface area contributed by atoms with E-state index in [1.54, 1.807) is 0 Å². The third-order valence-corrected chi connectivity index (χ3v) is 4.38. The number of thiophene rings is 1. The van der Waals surface area contributed by atoms with Gasteiger partial charge in [0.05, 0.1) is 6.54 Å². The van der Waals surface area contributed by atoms with Gasteiger partial charge >= 0.3 is 0 Å². The van der Waals surface area contributed by atoms with Crippen LogP contribution in [0.15, 0.2) is 28.4 Å². The number of H-pyrrole nitrogens is 1. The molecule has 0 atom stereocenters. The Morgan fingerprint density at radius 1 is 1.33 bits per heavy atom. The standard InChI is InChI=1S/C15H14N2O3S/c18-13-5-1-4-12-10(13)7-11(15(20)17-12)14(19)16-8-9-3-2-6-21-9/h2-3,6-7H,1,4-5,8H2,(H,16,19)(H,17,20). The van der Waals surface area contributed by atoms with Crippen LogP contribution in [0.25, 0.3) is 0 Å². The summed E-state index contributed by atoms with van der Waals surface area (Å²) in [5.41, 5.74) is 0.681. The molecule has 2 N–H and O–H groups in total. The average Bonchev–Trinajstić information content (AvgIpc) is 2.98. The molecular formula is C15H14N2O3S. The fourth-order valence-corrected chi connectivity index (χ4v) is 3.06. The highest BCUT2D eigenvalue weighted by Crippen LogP contribution is 2.18. The van der Waals surface area contributed by atoms with Gasteiger partial charge in [-0.15, -0.1) is 11.3 Å². The Balaban J connectivity index is 1.84. The first-order chi connectivity index (χ1) is 10.1. The van der Waals surface area contributed by atoms with E-state index in [0.717, 1.165) is 11.3 Å². The number of aromatic nitrogens is 1. The minimum absolute atomic E-state index is 0.000515. The van der Waals surface area contributed by atoms with E-state index in [1.165, 1.54) is 17.4 Å². The van der Waals surface area contributed by atoms with Crippen molar-refractivity contribution in [2.75, 3.05) is 0 Å². The van der Waals surface area contributed by atoms with Crippen LogP contribution in [0.2, 0.25) is 0 Å². The highest BCUT2D eigenvalue weighted by atomic mass is 32.1. The molecule has 21 heavy (non-hydrogen) atoms. The fraction of sp³-hybridized carbons (Fsp3) is 0.267. The van der Waals surface area contributed by atoms with Crippen LogP contribution in [0.4, 0.5) is 0 Å². The molecular weight excluding hydrogens is 288 g/mol. The van der Waals surface area contributed by atoms with Crippen molar-refractivity contribution in [3.63, 3.8) is 0 Å². The summed E-state index contributed by atoms with van der Waals surface area (Å²) in [5, 5.41) is 4.63. The molecule has 2 aromatic rings. The first-order valence-electron chi connectivity index (χ1n) is 6.75. The van der Waals surface area contributed by atoms with Gasteiger partial charge in [0.1, 0.15) is 5.56 Å². The number of nitrogens with one attached hydrogen (secondary N) is 2. The monoisotopic (exact) mass is 302 g/mol. The Kier molecular flexibility index (Phi) is 3.70. The average molecular weight is 302 g/mol. The molecule has 2 heterocycles. The van der Waals surface area contributed by atoms with Crippen LogP contribution in [0, 0.1) is 0 Å². The van der Waals surface area contributed by atoms with Crippen molar-refractivity contribution in [2.24, 2.45) is 0 Å². The smallest absolute Gasteiger partial charge is 0.261 e. The number of hydrogen-bond donors (Lipinski definition) is 2. The fourth-order valence-electron chi connectivity index (χ4n) is 2.42. The molecule has 0 bridgehead atoms. The summed E-state index contributed by atoms with van der Waals surface area (Å²) in [6.45, 7) is 0.376. The number of carbonyl (C=O) groups is 2. The van der Waals surface area contributed by atoms with Gasteiger partial charge in [-0.05, 0) is 30.4 Å². The zero-order chi connectivity index (χ0) is 14.8. The Hall–Kier alpha value is -2.21. The van der Waals surface area contributed by atoms with E-state index < -0.39 is 11.5 Å². The maximum absolute atomic E-state index is 12.1. The number of aromatic amines is 1. The van der Waals surface area contributed by atoms with Crippen LogP contribution in [-0.2, 0) is 13.0 Å². The number of aryl methyl sites for hydroxylation is 1. The van der Waals surface area contributed by atoms with Crippen LogP contribution in [0.3, 0.4) is 0 Å². The lowest BCUT2D eigenvalue weighted by Crippen LogP contribution is -2.31. The molecule has 108 valence electrons. The lowest BCUT2D eigenvalue weighted by Gasteiger charge is -2.14. The highest BCUT2D eigenvalue weighted by Gasteiger charge is 2.21. The number of carbonyl (C=O) groups excluding carboxylic acids is 2. The summed E-state index contributed by atoms with van der Waals surface area (Å²) in [4.78, 5) is 39.6. The van der Waals surface area contributed by atoms with Crippen molar-refractivity contribution in [1.29, 1.82) is 0 Å². The molecule has 1 aliphatic rings. The van der Waals surface area contributed by atoms with Crippen molar-refractivity contribution < 1.29 is 9.59 Å². The zero-order valence-corrected chi connectivity index (χ0v) is 12.1. The molecule has 3 rings (SSSR count). The van der Waals surface area contributed by atoms with E-state index >= 15 is 0 Å². The summed E-state index contributed by atoms with van der Waals surface area (Å²) in [6.07, 6.45) is 1.88. The summed E-state index contributed by atoms with van der Waals surface area (Å²) >= 11 is 1.53. The molecule has 1 amide bonds. The third kappa shape index (κ3) is 2.80. The van der Waals surface area contributed by atoms with E-state index in [4.69, 9.17) is 0 Å². The quantitative estimate of drug-likeness (QED) is 0.908. The second-order valence-electron chi connectivity index (χ2n) is 4.94. The van der Waals surface area contributed by atoms with E-state index in [1.807, 2.05) is 17.5 Å². The molecule has 0 aliphatic heterocycles. The van der Waals surface area contributed by atoms with Crippen molar-refractivity contribution >= 4 is 23.0 Å². The Morgan fingerprint density at radius 3 is 2.95 bits per heavy atom. The largest absolute Gasteiger partial charge is 0.347 e. The molecule has 0 fully saturated rings. The highest BCUT2D eigenvalue weighted by molar-refractivity contribution is 7.09. The lowest BCUT2D eigenvalue weighted by atomic mass is 9.93. The first-order valence-corrected chi connectivity index (χ1v) is 7.63. The van der Waals surface area contributed by atoms with Gasteiger partial charge in [-0.1, -0.05) is 6.07 Å². The van der Waals surface area contributed by atoms with Gasteiger partial charge in [-0.25, -0.2) is 0 Å². The predicted octanol–water partition coefficient (Wildman–Crippen LogP) is 1.89. The molecule has 2 aromatic heterocycles. The van der Waals surface area contributed by atoms with Crippen molar-refractivity contribution in [3.05, 3.63) is 55.6 Å². The topological polar surface area (TPSA) is 79.0 Å². The number of amides is 1. The van der Waals surface area contributed by atoms with Gasteiger partial charge in [-0.2, -0.15) is 0 Å². The van der Waals surface area contributed by atoms with Gasteiger partial charge in [-0.3, -0.25) is 14.4 Å². The number of ketones is 1. The van der Waals surface area contributed by atoms with Gasteiger partial charge in [0.2, 0.25) is 0 Å². The molecule has 0 aromatic carbocycles. The second-order valence-corrected chi connectivity index (χ2v) is 5.98. The molecule has 6 heteroatoms. The number of hydrogen-bond acceptors (Lipinski definition) is 4. The molecule has 0 saturated carbocycles. The zero-order valence-electron chi connectivity index (χ0n) is 11.3. The Bertz CT molecular complexity index is 747. The van der Waals surface area contributed by atoms with E-state index in [2.05, 4.69) is 10.3 Å². The minimum atomic E-state index is -0.453. The molecule has 0 radical (unpaired) electrons. The van der Waals surface area contributed by atoms with E-state index in [-0.39, 0.29) is 11.3 Å². The maximum Gasteiger partial charge on any atom is 0.261 e. The van der Waals surface area contributed by atoms with Crippen molar-refractivity contribution in [3.8, 4) is 0 Å².